The van der Waals surface area contributed by atoms with Gasteiger partial charge < -0.3 is 5.32 Å². The molecule has 1 amide bonds. The molecule has 4 rings (SSSR count). The van der Waals surface area contributed by atoms with E-state index in [-0.39, 0.29) is 4.90 Å². The van der Waals surface area contributed by atoms with Gasteiger partial charge in [0.25, 0.3) is 5.91 Å². The van der Waals surface area contributed by atoms with Crippen molar-refractivity contribution < 1.29 is 21.6 Å². The van der Waals surface area contributed by atoms with Gasteiger partial charge >= 0.3 is 0 Å². The van der Waals surface area contributed by atoms with E-state index in [1.165, 1.54) is 39.1 Å². The minimum Gasteiger partial charge on any atom is -0.322 e. The normalized spacial score (nSPS) is 17.4. The van der Waals surface area contributed by atoms with Crippen molar-refractivity contribution in [1.29, 1.82) is 0 Å². The molecule has 8 nitrogen and oxygen atoms in total. The Hall–Kier alpha value is -2.43. The standard InChI is InChI=1S/C21H25N3O5S2/c1-30(26,27)24-14-4-5-16-6-9-18(15-20(16)24)22-21(25)17-7-10-19(11-8-17)31(28,29)23-12-2-3-13-23/h6-11,15H,2-5,12-14H2,1H3,(H,22,25). The second-order valence-corrected chi connectivity index (χ2v) is 11.7. The first-order chi connectivity index (χ1) is 14.7. The number of sulfonamides is 2. The van der Waals surface area contributed by atoms with E-state index in [9.17, 15) is 21.6 Å². The van der Waals surface area contributed by atoms with Gasteiger partial charge in [0, 0.05) is 30.9 Å². The summed E-state index contributed by atoms with van der Waals surface area (Å²) >= 11 is 0. The van der Waals surface area contributed by atoms with Gasteiger partial charge in [-0.25, -0.2) is 16.8 Å². The molecule has 2 aromatic rings. The minimum absolute atomic E-state index is 0.170. The highest BCUT2D eigenvalue weighted by atomic mass is 32.2. The number of amides is 1. The van der Waals surface area contributed by atoms with Crippen molar-refractivity contribution in [2.45, 2.75) is 30.6 Å². The van der Waals surface area contributed by atoms with E-state index in [2.05, 4.69) is 5.32 Å². The van der Waals surface area contributed by atoms with Gasteiger partial charge in [-0.2, -0.15) is 4.31 Å². The first-order valence-electron chi connectivity index (χ1n) is 10.2. The number of nitrogens with one attached hydrogen (secondary N) is 1. The summed E-state index contributed by atoms with van der Waals surface area (Å²) in [6.45, 7) is 1.46. The molecule has 2 aromatic carbocycles. The maximum absolute atomic E-state index is 12.7. The summed E-state index contributed by atoms with van der Waals surface area (Å²) in [6.07, 6.45) is 4.42. The second kappa shape index (κ2) is 8.25. The zero-order valence-electron chi connectivity index (χ0n) is 17.2. The highest BCUT2D eigenvalue weighted by Crippen LogP contribution is 2.32. The maximum Gasteiger partial charge on any atom is 0.255 e. The molecule has 0 radical (unpaired) electrons. The summed E-state index contributed by atoms with van der Waals surface area (Å²) in [5.74, 6) is -0.396. The summed E-state index contributed by atoms with van der Waals surface area (Å²) in [5.41, 5.74) is 2.30. The van der Waals surface area contributed by atoms with Gasteiger partial charge in [0.15, 0.2) is 0 Å². The van der Waals surface area contributed by atoms with Crippen LogP contribution in [0.15, 0.2) is 47.4 Å². The maximum atomic E-state index is 12.7. The molecule has 0 spiro atoms. The zero-order chi connectivity index (χ0) is 22.2. The lowest BCUT2D eigenvalue weighted by Gasteiger charge is -2.29. The number of hydrogen-bond acceptors (Lipinski definition) is 5. The van der Waals surface area contributed by atoms with E-state index < -0.39 is 26.0 Å². The summed E-state index contributed by atoms with van der Waals surface area (Å²) in [5, 5.41) is 2.77. The van der Waals surface area contributed by atoms with E-state index >= 15 is 0 Å². The molecule has 0 atom stereocenters. The Balaban J connectivity index is 1.52. The number of aryl methyl sites for hydroxylation is 1. The molecular formula is C21H25N3O5S2. The molecule has 0 saturated carbocycles. The van der Waals surface area contributed by atoms with Gasteiger partial charge in [0.1, 0.15) is 0 Å². The van der Waals surface area contributed by atoms with Gasteiger partial charge in [0.05, 0.1) is 16.8 Å². The molecule has 0 aliphatic carbocycles. The third-order valence-corrected chi connectivity index (χ3v) is 8.73. The van der Waals surface area contributed by atoms with Crippen molar-refractivity contribution in [1.82, 2.24) is 4.31 Å². The predicted molar refractivity (Wildman–Crippen MR) is 119 cm³/mol. The number of carbonyl (C=O) groups is 1. The Morgan fingerprint density at radius 2 is 1.58 bits per heavy atom. The number of fused-ring (bicyclic) bond motifs is 1. The first-order valence-corrected chi connectivity index (χ1v) is 13.5. The molecule has 1 N–H and O–H groups in total. The quantitative estimate of drug-likeness (QED) is 0.734. The lowest BCUT2D eigenvalue weighted by Crippen LogP contribution is -2.34. The number of rotatable bonds is 5. The molecule has 0 aromatic heterocycles. The van der Waals surface area contributed by atoms with Crippen LogP contribution >= 0.6 is 0 Å². The Bertz CT molecular complexity index is 1200. The first kappa shape index (κ1) is 21.8. The average molecular weight is 464 g/mol. The Morgan fingerprint density at radius 1 is 0.903 bits per heavy atom. The molecular weight excluding hydrogens is 438 g/mol. The Kier molecular flexibility index (Phi) is 5.80. The van der Waals surface area contributed by atoms with Crippen LogP contribution in [0.3, 0.4) is 0 Å². The number of anilines is 2. The van der Waals surface area contributed by atoms with Crippen molar-refractivity contribution in [3.63, 3.8) is 0 Å². The fourth-order valence-electron chi connectivity index (χ4n) is 4.02. The third kappa shape index (κ3) is 4.46. The number of benzene rings is 2. The van der Waals surface area contributed by atoms with Crippen LogP contribution in [-0.2, 0) is 26.5 Å². The lowest BCUT2D eigenvalue weighted by molar-refractivity contribution is 0.102. The smallest absolute Gasteiger partial charge is 0.255 e. The Morgan fingerprint density at radius 3 is 2.23 bits per heavy atom. The summed E-state index contributed by atoms with van der Waals surface area (Å²) < 4.78 is 52.3. The number of hydrogen-bond donors (Lipinski definition) is 1. The van der Waals surface area contributed by atoms with Crippen LogP contribution in [0.2, 0.25) is 0 Å². The molecule has 2 aliphatic heterocycles. The largest absolute Gasteiger partial charge is 0.322 e. The van der Waals surface area contributed by atoms with Crippen LogP contribution in [0.25, 0.3) is 0 Å². The van der Waals surface area contributed by atoms with Gasteiger partial charge in [-0.05, 0) is 67.6 Å². The SMILES string of the molecule is CS(=O)(=O)N1CCCc2ccc(NC(=O)c3ccc(S(=O)(=O)N4CCCC4)cc3)cc21. The van der Waals surface area contributed by atoms with Crippen LogP contribution in [-0.4, -0.2) is 52.9 Å². The lowest BCUT2D eigenvalue weighted by atomic mass is 10.0. The average Bonchev–Trinajstić information content (AvgIpc) is 3.28. The highest BCUT2D eigenvalue weighted by molar-refractivity contribution is 7.92. The Labute approximate surface area is 183 Å². The van der Waals surface area contributed by atoms with Crippen LogP contribution in [0.1, 0.15) is 35.2 Å². The highest BCUT2D eigenvalue weighted by Gasteiger charge is 2.27. The number of carbonyl (C=O) groups excluding carboxylic acids is 1. The van der Waals surface area contributed by atoms with Crippen molar-refractivity contribution >= 4 is 37.3 Å². The molecule has 1 saturated heterocycles. The van der Waals surface area contributed by atoms with E-state index in [1.807, 2.05) is 6.07 Å². The van der Waals surface area contributed by atoms with E-state index in [0.717, 1.165) is 31.2 Å². The molecule has 31 heavy (non-hydrogen) atoms. The van der Waals surface area contributed by atoms with Gasteiger partial charge in [0.2, 0.25) is 20.0 Å². The van der Waals surface area contributed by atoms with Gasteiger partial charge in [-0.1, -0.05) is 6.07 Å². The fraction of sp³-hybridized carbons (Fsp3) is 0.381. The number of nitrogens with zero attached hydrogens (tertiary/aromatic N) is 2. The molecule has 0 bridgehead atoms. The molecule has 0 unspecified atom stereocenters. The monoisotopic (exact) mass is 463 g/mol. The van der Waals surface area contributed by atoms with E-state index in [0.29, 0.717) is 36.6 Å². The molecule has 2 aliphatic rings. The zero-order valence-corrected chi connectivity index (χ0v) is 18.9. The van der Waals surface area contributed by atoms with E-state index in [1.54, 1.807) is 12.1 Å². The second-order valence-electron chi connectivity index (χ2n) is 7.87. The van der Waals surface area contributed by atoms with Crippen LogP contribution in [0, 0.1) is 0 Å². The molecule has 2 heterocycles. The van der Waals surface area contributed by atoms with Gasteiger partial charge in [-0.3, -0.25) is 9.10 Å². The van der Waals surface area contributed by atoms with Crippen LogP contribution in [0.5, 0.6) is 0 Å². The van der Waals surface area contributed by atoms with Crippen molar-refractivity contribution in [2.75, 3.05) is 35.5 Å². The summed E-state index contributed by atoms with van der Waals surface area (Å²) in [7, 11) is -6.93. The fourth-order valence-corrected chi connectivity index (χ4v) is 6.53. The van der Waals surface area contributed by atoms with Crippen molar-refractivity contribution in [2.24, 2.45) is 0 Å². The topological polar surface area (TPSA) is 104 Å². The van der Waals surface area contributed by atoms with Crippen molar-refractivity contribution in [3.05, 3.63) is 53.6 Å². The van der Waals surface area contributed by atoms with Crippen molar-refractivity contribution in [3.8, 4) is 0 Å². The predicted octanol–water partition coefficient (Wildman–Crippen LogP) is 2.44. The van der Waals surface area contributed by atoms with Crippen LogP contribution < -0.4 is 9.62 Å². The van der Waals surface area contributed by atoms with Gasteiger partial charge in [-0.15, -0.1) is 0 Å². The molecule has 166 valence electrons. The third-order valence-electron chi connectivity index (χ3n) is 5.64. The van der Waals surface area contributed by atoms with Crippen LogP contribution in [0.4, 0.5) is 11.4 Å². The molecule has 1 fully saturated rings. The summed E-state index contributed by atoms with van der Waals surface area (Å²) in [6, 6.07) is 11.1. The molecule has 10 heteroatoms. The summed E-state index contributed by atoms with van der Waals surface area (Å²) in [4.78, 5) is 12.8. The van der Waals surface area contributed by atoms with E-state index in [4.69, 9.17) is 0 Å². The minimum atomic E-state index is -3.53.